The third-order valence-electron chi connectivity index (χ3n) is 3.32. The van der Waals surface area contributed by atoms with Gasteiger partial charge in [0.15, 0.2) is 0 Å². The van der Waals surface area contributed by atoms with Crippen LogP contribution in [0.4, 0.5) is 0 Å². The number of nitrogens with zero attached hydrogens (tertiary/aromatic N) is 1. The van der Waals surface area contributed by atoms with E-state index in [1.165, 1.54) is 0 Å². The van der Waals surface area contributed by atoms with Crippen molar-refractivity contribution in [1.29, 1.82) is 0 Å². The zero-order valence-corrected chi connectivity index (χ0v) is 11.3. The molecule has 3 rings (SSSR count). The first-order chi connectivity index (χ1) is 10.3. The first-order valence-electron chi connectivity index (χ1n) is 6.66. The van der Waals surface area contributed by atoms with Gasteiger partial charge >= 0.3 is 7.12 Å². The lowest BCUT2D eigenvalue weighted by Crippen LogP contribution is -2.33. The Morgan fingerprint density at radius 1 is 0.952 bits per heavy atom. The monoisotopic (exact) mass is 279 g/mol. The van der Waals surface area contributed by atoms with Crippen LogP contribution in [-0.2, 0) is 6.61 Å². The van der Waals surface area contributed by atoms with Crippen LogP contribution in [0.2, 0.25) is 0 Å². The second-order valence-corrected chi connectivity index (χ2v) is 4.69. The van der Waals surface area contributed by atoms with Crippen molar-refractivity contribution in [2.75, 3.05) is 0 Å². The van der Waals surface area contributed by atoms with E-state index in [0.717, 1.165) is 22.2 Å². The zero-order chi connectivity index (χ0) is 14.7. The number of pyridine rings is 1. The average molecular weight is 279 g/mol. The lowest BCUT2D eigenvalue weighted by Gasteiger charge is -2.12. The zero-order valence-electron chi connectivity index (χ0n) is 11.3. The third kappa shape index (κ3) is 2.89. The largest absolute Gasteiger partial charge is 0.488 e. The summed E-state index contributed by atoms with van der Waals surface area (Å²) in [5, 5.41) is 19.7. The van der Waals surface area contributed by atoms with Gasteiger partial charge in [0.05, 0.1) is 5.52 Å². The Morgan fingerprint density at radius 2 is 1.81 bits per heavy atom. The molecular weight excluding hydrogens is 265 g/mol. The van der Waals surface area contributed by atoms with Gasteiger partial charge in [-0.1, -0.05) is 30.3 Å². The van der Waals surface area contributed by atoms with Crippen LogP contribution in [0.5, 0.6) is 5.75 Å². The highest BCUT2D eigenvalue weighted by Crippen LogP contribution is 2.24. The van der Waals surface area contributed by atoms with Gasteiger partial charge in [-0.2, -0.15) is 0 Å². The molecule has 0 aliphatic carbocycles. The van der Waals surface area contributed by atoms with Crippen LogP contribution < -0.4 is 10.2 Å². The second-order valence-electron chi connectivity index (χ2n) is 4.69. The van der Waals surface area contributed by atoms with E-state index in [0.29, 0.717) is 5.46 Å². The molecule has 104 valence electrons. The summed E-state index contributed by atoms with van der Waals surface area (Å²) in [5.74, 6) is 0.725. The second kappa shape index (κ2) is 5.95. The summed E-state index contributed by atoms with van der Waals surface area (Å²) in [6, 6.07) is 16.6. The number of hydrogen-bond acceptors (Lipinski definition) is 4. The minimum Gasteiger partial charge on any atom is -0.488 e. The van der Waals surface area contributed by atoms with Gasteiger partial charge in [0.2, 0.25) is 0 Å². The van der Waals surface area contributed by atoms with Gasteiger partial charge in [-0.3, -0.25) is 4.98 Å². The van der Waals surface area contributed by atoms with Gasteiger partial charge in [0.25, 0.3) is 0 Å². The van der Waals surface area contributed by atoms with Crippen molar-refractivity contribution in [3.05, 3.63) is 66.4 Å². The van der Waals surface area contributed by atoms with E-state index in [4.69, 9.17) is 4.74 Å². The molecule has 0 amide bonds. The van der Waals surface area contributed by atoms with E-state index >= 15 is 0 Å². The van der Waals surface area contributed by atoms with Gasteiger partial charge in [-0.25, -0.2) is 0 Å². The SMILES string of the molecule is OB(O)c1ccccc1COc1cccc2ncccc12. The molecule has 0 saturated heterocycles. The summed E-state index contributed by atoms with van der Waals surface area (Å²) in [7, 11) is -1.50. The minimum absolute atomic E-state index is 0.266. The maximum atomic E-state index is 9.36. The molecule has 0 radical (unpaired) electrons. The molecular formula is C16H14BNO3. The molecule has 0 fully saturated rings. The number of benzene rings is 2. The molecule has 0 aliphatic heterocycles. The Bertz CT molecular complexity index is 756. The Balaban J connectivity index is 1.87. The topological polar surface area (TPSA) is 62.6 Å². The van der Waals surface area contributed by atoms with Crippen LogP contribution in [0.3, 0.4) is 0 Å². The van der Waals surface area contributed by atoms with Crippen molar-refractivity contribution >= 4 is 23.5 Å². The molecule has 4 nitrogen and oxygen atoms in total. The summed E-state index contributed by atoms with van der Waals surface area (Å²) >= 11 is 0. The lowest BCUT2D eigenvalue weighted by molar-refractivity contribution is 0.310. The van der Waals surface area contributed by atoms with Gasteiger partial charge in [-0.15, -0.1) is 0 Å². The van der Waals surface area contributed by atoms with Crippen LogP contribution in [-0.4, -0.2) is 22.2 Å². The van der Waals surface area contributed by atoms with Crippen LogP contribution in [0.15, 0.2) is 60.8 Å². The van der Waals surface area contributed by atoms with Crippen molar-refractivity contribution in [2.45, 2.75) is 6.61 Å². The molecule has 2 aromatic carbocycles. The number of fused-ring (bicyclic) bond motifs is 1. The fraction of sp³-hybridized carbons (Fsp3) is 0.0625. The maximum Gasteiger partial charge on any atom is 0.488 e. The van der Waals surface area contributed by atoms with Gasteiger partial charge in [-0.05, 0) is 35.3 Å². The normalized spacial score (nSPS) is 10.6. The lowest BCUT2D eigenvalue weighted by atomic mass is 9.77. The van der Waals surface area contributed by atoms with E-state index in [1.54, 1.807) is 18.3 Å². The van der Waals surface area contributed by atoms with E-state index in [1.807, 2.05) is 42.5 Å². The first-order valence-corrected chi connectivity index (χ1v) is 6.66. The highest BCUT2D eigenvalue weighted by molar-refractivity contribution is 6.59. The van der Waals surface area contributed by atoms with Crippen LogP contribution in [0.25, 0.3) is 10.9 Å². The van der Waals surface area contributed by atoms with E-state index in [9.17, 15) is 10.0 Å². The minimum atomic E-state index is -1.50. The quantitative estimate of drug-likeness (QED) is 0.710. The molecule has 3 aromatic rings. The summed E-state index contributed by atoms with van der Waals surface area (Å²) in [6.45, 7) is 0.266. The fourth-order valence-corrected chi connectivity index (χ4v) is 2.27. The number of ether oxygens (including phenoxy) is 1. The van der Waals surface area contributed by atoms with E-state index in [-0.39, 0.29) is 6.61 Å². The van der Waals surface area contributed by atoms with Crippen molar-refractivity contribution in [3.63, 3.8) is 0 Å². The number of rotatable bonds is 4. The van der Waals surface area contributed by atoms with Crippen molar-refractivity contribution in [2.24, 2.45) is 0 Å². The Labute approximate surface area is 122 Å². The molecule has 0 saturated carbocycles. The summed E-state index contributed by atoms with van der Waals surface area (Å²) in [6.07, 6.45) is 1.74. The number of aromatic nitrogens is 1. The Kier molecular flexibility index (Phi) is 3.86. The standard InChI is InChI=1S/C16H14BNO3/c19-17(20)14-7-2-1-5-12(14)11-21-16-9-3-8-15-13(16)6-4-10-18-15/h1-10,19-20H,11H2. The summed E-state index contributed by atoms with van der Waals surface area (Å²) in [4.78, 5) is 4.28. The van der Waals surface area contributed by atoms with Crippen molar-refractivity contribution < 1.29 is 14.8 Å². The molecule has 1 heterocycles. The van der Waals surface area contributed by atoms with Gasteiger partial charge in [0.1, 0.15) is 12.4 Å². The highest BCUT2D eigenvalue weighted by Gasteiger charge is 2.15. The molecule has 0 unspecified atom stereocenters. The number of hydrogen-bond donors (Lipinski definition) is 2. The predicted octanol–water partition coefficient (Wildman–Crippen LogP) is 1.49. The van der Waals surface area contributed by atoms with E-state index < -0.39 is 7.12 Å². The first kappa shape index (κ1) is 13.6. The fourth-order valence-electron chi connectivity index (χ4n) is 2.27. The van der Waals surface area contributed by atoms with Crippen molar-refractivity contribution in [1.82, 2.24) is 4.98 Å². The predicted molar refractivity (Wildman–Crippen MR) is 82.3 cm³/mol. The smallest absolute Gasteiger partial charge is 0.488 e. The van der Waals surface area contributed by atoms with E-state index in [2.05, 4.69) is 4.98 Å². The molecule has 1 aromatic heterocycles. The van der Waals surface area contributed by atoms with Crippen LogP contribution in [0, 0.1) is 0 Å². The highest BCUT2D eigenvalue weighted by atomic mass is 16.5. The molecule has 0 atom stereocenters. The maximum absolute atomic E-state index is 9.36. The third-order valence-corrected chi connectivity index (χ3v) is 3.32. The molecule has 2 N–H and O–H groups in total. The summed E-state index contributed by atoms with van der Waals surface area (Å²) in [5.41, 5.74) is 2.06. The average Bonchev–Trinajstić information content (AvgIpc) is 2.53. The molecule has 5 heteroatoms. The van der Waals surface area contributed by atoms with Crippen LogP contribution >= 0.6 is 0 Å². The molecule has 21 heavy (non-hydrogen) atoms. The molecule has 0 spiro atoms. The van der Waals surface area contributed by atoms with Gasteiger partial charge in [0, 0.05) is 11.6 Å². The Hall–Kier alpha value is -2.37. The Morgan fingerprint density at radius 3 is 2.67 bits per heavy atom. The molecule has 0 aliphatic rings. The molecule has 0 bridgehead atoms. The van der Waals surface area contributed by atoms with Gasteiger partial charge < -0.3 is 14.8 Å². The van der Waals surface area contributed by atoms with Crippen LogP contribution in [0.1, 0.15) is 5.56 Å². The van der Waals surface area contributed by atoms with Crippen molar-refractivity contribution in [3.8, 4) is 5.75 Å². The summed E-state index contributed by atoms with van der Waals surface area (Å²) < 4.78 is 5.83.